The van der Waals surface area contributed by atoms with Crippen LogP contribution in [0.2, 0.25) is 0 Å². The molecule has 1 aliphatic heterocycles. The Hall–Kier alpha value is -2.04. The molecule has 1 atom stereocenters. The molecule has 0 bridgehead atoms. The van der Waals surface area contributed by atoms with Crippen molar-refractivity contribution in [3.8, 4) is 11.5 Å². The maximum Gasteiger partial charge on any atom is 0.126 e. The number of fused-ring (bicyclic) bond motifs is 1. The molecule has 0 saturated carbocycles. The highest BCUT2D eigenvalue weighted by molar-refractivity contribution is 5.42. The number of nitrogens with one attached hydrogen (secondary N) is 1. The molecule has 0 fully saturated rings. The largest absolute Gasteiger partial charge is 0.489 e. The van der Waals surface area contributed by atoms with Crippen molar-refractivity contribution in [2.24, 2.45) is 0 Å². The molecule has 0 radical (unpaired) electrons. The van der Waals surface area contributed by atoms with Crippen molar-refractivity contribution in [1.29, 1.82) is 0 Å². The Bertz CT molecular complexity index is 615. The molecule has 1 unspecified atom stereocenters. The fourth-order valence-corrected chi connectivity index (χ4v) is 2.72. The molecule has 1 heterocycles. The van der Waals surface area contributed by atoms with Gasteiger partial charge in [-0.15, -0.1) is 0 Å². The molecule has 2 aromatic carbocycles. The Morgan fingerprint density at radius 1 is 1.17 bits per heavy atom. The number of hydrogen-bond acceptors (Lipinski definition) is 4. The summed E-state index contributed by atoms with van der Waals surface area (Å²) in [5.74, 6) is 1.74. The van der Waals surface area contributed by atoms with Gasteiger partial charge in [-0.3, -0.25) is 0 Å². The lowest BCUT2D eigenvalue weighted by Gasteiger charge is -2.26. The SMILES string of the molecule is OCCNCC1CCc2ccc(OCc3ccccc3)cc2O1. The first-order chi connectivity index (χ1) is 11.3. The highest BCUT2D eigenvalue weighted by Gasteiger charge is 2.19. The number of aliphatic hydroxyl groups is 1. The predicted octanol–water partition coefficient (Wildman–Crippen LogP) is 2.54. The molecule has 122 valence electrons. The molecule has 0 saturated heterocycles. The van der Waals surface area contributed by atoms with Crippen LogP contribution in [0.3, 0.4) is 0 Å². The van der Waals surface area contributed by atoms with Gasteiger partial charge in [-0.1, -0.05) is 36.4 Å². The van der Waals surface area contributed by atoms with E-state index in [0.29, 0.717) is 13.2 Å². The summed E-state index contributed by atoms with van der Waals surface area (Å²) in [5, 5.41) is 12.0. The fourth-order valence-electron chi connectivity index (χ4n) is 2.72. The second-order valence-electron chi connectivity index (χ2n) is 5.75. The first-order valence-corrected chi connectivity index (χ1v) is 8.13. The van der Waals surface area contributed by atoms with Crippen LogP contribution >= 0.6 is 0 Å². The van der Waals surface area contributed by atoms with Crippen LogP contribution in [0, 0.1) is 0 Å². The Morgan fingerprint density at radius 2 is 2.04 bits per heavy atom. The number of hydrogen-bond donors (Lipinski definition) is 2. The van der Waals surface area contributed by atoms with E-state index in [-0.39, 0.29) is 12.7 Å². The number of aryl methyl sites for hydroxylation is 1. The summed E-state index contributed by atoms with van der Waals surface area (Å²) >= 11 is 0. The zero-order valence-corrected chi connectivity index (χ0v) is 13.2. The monoisotopic (exact) mass is 313 g/mol. The summed E-state index contributed by atoms with van der Waals surface area (Å²) < 4.78 is 11.9. The van der Waals surface area contributed by atoms with Gasteiger partial charge in [-0.25, -0.2) is 0 Å². The van der Waals surface area contributed by atoms with Crippen molar-refractivity contribution in [2.45, 2.75) is 25.6 Å². The number of rotatable bonds is 7. The predicted molar refractivity (Wildman–Crippen MR) is 89.9 cm³/mol. The smallest absolute Gasteiger partial charge is 0.126 e. The van der Waals surface area contributed by atoms with Gasteiger partial charge >= 0.3 is 0 Å². The van der Waals surface area contributed by atoms with Crippen LogP contribution in [0.15, 0.2) is 48.5 Å². The fraction of sp³-hybridized carbons (Fsp3) is 0.368. The summed E-state index contributed by atoms with van der Waals surface area (Å²) in [6, 6.07) is 16.2. The van der Waals surface area contributed by atoms with Crippen molar-refractivity contribution in [2.75, 3.05) is 19.7 Å². The van der Waals surface area contributed by atoms with Gasteiger partial charge in [0.25, 0.3) is 0 Å². The average Bonchev–Trinajstić information content (AvgIpc) is 2.61. The van der Waals surface area contributed by atoms with E-state index in [1.165, 1.54) is 5.56 Å². The van der Waals surface area contributed by atoms with Gasteiger partial charge < -0.3 is 19.9 Å². The molecule has 3 rings (SSSR count). The standard InChI is InChI=1S/C19H23NO3/c21-11-10-20-13-18-9-7-16-6-8-17(12-19(16)23-18)22-14-15-4-2-1-3-5-15/h1-6,8,12,18,20-21H,7,9-11,13-14H2. The van der Waals surface area contributed by atoms with Crippen LogP contribution in [0.25, 0.3) is 0 Å². The lowest BCUT2D eigenvalue weighted by Crippen LogP contribution is -2.35. The molecular formula is C19H23NO3. The van der Waals surface area contributed by atoms with Crippen LogP contribution < -0.4 is 14.8 Å². The lowest BCUT2D eigenvalue weighted by molar-refractivity contribution is 0.166. The normalized spacial score (nSPS) is 16.5. The molecule has 4 nitrogen and oxygen atoms in total. The molecular weight excluding hydrogens is 290 g/mol. The Balaban J connectivity index is 1.59. The summed E-state index contributed by atoms with van der Waals surface area (Å²) in [5.41, 5.74) is 2.38. The summed E-state index contributed by atoms with van der Waals surface area (Å²) in [4.78, 5) is 0. The maximum absolute atomic E-state index is 8.82. The van der Waals surface area contributed by atoms with E-state index in [1.54, 1.807) is 0 Å². The minimum absolute atomic E-state index is 0.151. The molecule has 0 aliphatic carbocycles. The van der Waals surface area contributed by atoms with Crippen LogP contribution in [-0.4, -0.2) is 30.9 Å². The van der Waals surface area contributed by atoms with Gasteiger partial charge in [0.1, 0.15) is 24.2 Å². The van der Waals surface area contributed by atoms with Gasteiger partial charge in [-0.05, 0) is 30.0 Å². The Morgan fingerprint density at radius 3 is 2.87 bits per heavy atom. The van der Waals surface area contributed by atoms with Gasteiger partial charge in [-0.2, -0.15) is 0 Å². The van der Waals surface area contributed by atoms with E-state index in [0.717, 1.165) is 36.4 Å². The van der Waals surface area contributed by atoms with Crippen molar-refractivity contribution >= 4 is 0 Å². The van der Waals surface area contributed by atoms with Gasteiger partial charge in [0.15, 0.2) is 0 Å². The van der Waals surface area contributed by atoms with E-state index in [1.807, 2.05) is 30.3 Å². The molecule has 0 amide bonds. The van der Waals surface area contributed by atoms with Crippen molar-refractivity contribution in [3.63, 3.8) is 0 Å². The van der Waals surface area contributed by atoms with E-state index >= 15 is 0 Å². The van der Waals surface area contributed by atoms with Crippen LogP contribution in [0.5, 0.6) is 11.5 Å². The molecule has 1 aliphatic rings. The maximum atomic E-state index is 8.82. The second-order valence-corrected chi connectivity index (χ2v) is 5.75. The average molecular weight is 313 g/mol. The summed E-state index contributed by atoms with van der Waals surface area (Å²) in [6.07, 6.45) is 2.16. The molecule has 0 aromatic heterocycles. The lowest BCUT2D eigenvalue weighted by atomic mass is 10.0. The van der Waals surface area contributed by atoms with E-state index < -0.39 is 0 Å². The van der Waals surface area contributed by atoms with Crippen LogP contribution in [0.4, 0.5) is 0 Å². The van der Waals surface area contributed by atoms with E-state index in [4.69, 9.17) is 14.6 Å². The molecule has 2 aromatic rings. The quantitative estimate of drug-likeness (QED) is 0.771. The topological polar surface area (TPSA) is 50.7 Å². The van der Waals surface area contributed by atoms with Crippen LogP contribution in [-0.2, 0) is 13.0 Å². The third kappa shape index (κ3) is 4.47. The van der Waals surface area contributed by atoms with Crippen molar-refractivity contribution in [3.05, 3.63) is 59.7 Å². The number of benzene rings is 2. The minimum Gasteiger partial charge on any atom is -0.489 e. The minimum atomic E-state index is 0.151. The zero-order valence-electron chi connectivity index (χ0n) is 13.2. The number of aliphatic hydroxyl groups excluding tert-OH is 1. The van der Waals surface area contributed by atoms with Gasteiger partial charge in [0.05, 0.1) is 6.61 Å². The Kier molecular flexibility index (Phi) is 5.51. The molecule has 23 heavy (non-hydrogen) atoms. The third-order valence-corrected chi connectivity index (χ3v) is 3.98. The highest BCUT2D eigenvalue weighted by Crippen LogP contribution is 2.31. The number of ether oxygens (including phenoxy) is 2. The van der Waals surface area contributed by atoms with Crippen LogP contribution in [0.1, 0.15) is 17.5 Å². The summed E-state index contributed by atoms with van der Waals surface area (Å²) in [7, 11) is 0. The molecule has 2 N–H and O–H groups in total. The first-order valence-electron chi connectivity index (χ1n) is 8.13. The zero-order chi connectivity index (χ0) is 15.9. The van der Waals surface area contributed by atoms with Gasteiger partial charge in [0, 0.05) is 19.2 Å². The van der Waals surface area contributed by atoms with E-state index in [2.05, 4.69) is 23.5 Å². The van der Waals surface area contributed by atoms with Crippen molar-refractivity contribution < 1.29 is 14.6 Å². The van der Waals surface area contributed by atoms with E-state index in [9.17, 15) is 0 Å². The summed E-state index contributed by atoms with van der Waals surface area (Å²) in [6.45, 7) is 2.07. The van der Waals surface area contributed by atoms with Gasteiger partial charge in [0.2, 0.25) is 0 Å². The highest BCUT2D eigenvalue weighted by atomic mass is 16.5. The third-order valence-electron chi connectivity index (χ3n) is 3.98. The Labute approximate surface area is 137 Å². The second kappa shape index (κ2) is 7.99. The first kappa shape index (κ1) is 15.8. The van der Waals surface area contributed by atoms with Crippen molar-refractivity contribution in [1.82, 2.24) is 5.32 Å². The molecule has 0 spiro atoms. The molecule has 4 heteroatoms.